The fraction of sp³-hybridized carbons (Fsp3) is 0.500. The lowest BCUT2D eigenvalue weighted by molar-refractivity contribution is 0.632. The monoisotopic (exact) mass is 239 g/mol. The number of rotatable bonds is 2. The number of hydrogen-bond acceptors (Lipinski definition) is 1. The zero-order chi connectivity index (χ0) is 19.4. The predicted octanol–water partition coefficient (Wildman–Crippen LogP) is 3.35. The molecule has 0 amide bonds. The van der Waals surface area contributed by atoms with E-state index in [0.717, 1.165) is 12.3 Å². The molecule has 0 saturated carbocycles. The van der Waals surface area contributed by atoms with Gasteiger partial charge in [0.1, 0.15) is 0 Å². The van der Waals surface area contributed by atoms with Crippen LogP contribution in [0.4, 0.5) is 0 Å². The molecule has 0 fully saturated rings. The number of halogens is 1. The van der Waals surface area contributed by atoms with Crippen LogP contribution in [-0.2, 0) is 6.37 Å². The number of aryl methyl sites for hydroxylation is 1. The highest BCUT2D eigenvalue weighted by Gasteiger charge is 2.02. The third kappa shape index (κ3) is 2.59. The molecule has 1 nitrogen and oxygen atoms in total. The van der Waals surface area contributed by atoms with E-state index in [9.17, 15) is 0 Å². The largest absolute Gasteiger partial charge is 0.260 e. The lowest BCUT2D eigenvalue weighted by Crippen LogP contribution is -1.99. The van der Waals surface area contributed by atoms with Crippen LogP contribution in [0, 0.1) is 12.7 Å². The van der Waals surface area contributed by atoms with Crippen molar-refractivity contribution in [3.05, 3.63) is 28.0 Å². The Kier molecular flexibility index (Phi) is 0.791. The van der Waals surface area contributed by atoms with Crippen molar-refractivity contribution in [1.29, 1.82) is 0 Å². The second-order valence-electron chi connectivity index (χ2n) is 2.05. The van der Waals surface area contributed by atoms with Gasteiger partial charge in [-0.15, -0.1) is 0 Å². The molecule has 1 aromatic heterocycles. The minimum Gasteiger partial charge on any atom is -0.260 e. The number of hydrogen-bond donors (Lipinski definition) is 0. The molecule has 0 atom stereocenters. The molecule has 1 heterocycles. The normalized spacial score (nSPS) is 30.8. The smallest absolute Gasteiger partial charge is 0.0436 e. The first-order valence-electron chi connectivity index (χ1n) is 9.04. The Bertz CT molecular complexity index is 600. The molecule has 0 unspecified atom stereocenters. The molecular weight excluding hydrogens is 214 g/mol. The van der Waals surface area contributed by atoms with Crippen LogP contribution in [0.3, 0.4) is 0 Å². The van der Waals surface area contributed by atoms with Crippen molar-refractivity contribution in [2.75, 3.05) is 0 Å². The van der Waals surface area contributed by atoms with Gasteiger partial charge in [0.15, 0.2) is 0 Å². The average molecular weight is 240 g/mol. The van der Waals surface area contributed by atoms with E-state index in [1.807, 2.05) is 0 Å². The van der Waals surface area contributed by atoms with E-state index in [2.05, 4.69) is 20.9 Å². The Hall–Kier alpha value is -0.370. The molecule has 0 spiro atoms. The van der Waals surface area contributed by atoms with Crippen molar-refractivity contribution in [2.45, 2.75) is 26.9 Å². The molecule has 0 radical (unpaired) electrons. The molecule has 2 heteroatoms. The van der Waals surface area contributed by atoms with Crippen molar-refractivity contribution in [3.63, 3.8) is 0 Å². The summed E-state index contributed by atoms with van der Waals surface area (Å²) in [6.07, 6.45) is -2.38. The summed E-state index contributed by atoms with van der Waals surface area (Å²) < 4.78 is 91.0. The van der Waals surface area contributed by atoms with Crippen LogP contribution in [0.15, 0.2) is 16.7 Å². The highest BCUT2D eigenvalue weighted by atomic mass is 79.9. The molecule has 12 heavy (non-hydrogen) atoms. The lowest BCUT2D eigenvalue weighted by Gasteiger charge is -2.07. The van der Waals surface area contributed by atoms with Crippen LogP contribution >= 0.6 is 15.9 Å². The van der Waals surface area contributed by atoms with Gasteiger partial charge in [-0.1, -0.05) is 13.7 Å². The number of nitrogens with zero attached hydrogens (tertiary/aromatic N) is 1. The number of aromatic nitrogens is 1. The van der Waals surface area contributed by atoms with E-state index in [4.69, 9.17) is 16.4 Å². The highest BCUT2D eigenvalue weighted by Crippen LogP contribution is 2.15. The first kappa shape index (κ1) is 2.35. The molecular formula is C10H14BrN. The molecule has 0 aliphatic carbocycles. The highest BCUT2D eigenvalue weighted by molar-refractivity contribution is 9.10. The summed E-state index contributed by atoms with van der Waals surface area (Å²) in [4.78, 5) is 3.61. The maximum atomic E-state index is 8.06. The molecule has 0 aromatic carbocycles. The summed E-state index contributed by atoms with van der Waals surface area (Å²) in [6, 6.07) is 1.01. The van der Waals surface area contributed by atoms with Crippen molar-refractivity contribution < 1.29 is 16.4 Å². The van der Waals surface area contributed by atoms with Gasteiger partial charge in [0.25, 0.3) is 0 Å². The third-order valence-electron chi connectivity index (χ3n) is 1.10. The molecule has 0 aliphatic heterocycles. The minimum atomic E-state index is -3.62. The predicted molar refractivity (Wildman–Crippen MR) is 55.2 cm³/mol. The van der Waals surface area contributed by atoms with Gasteiger partial charge in [0.05, 0.1) is 0 Å². The molecule has 1 rings (SSSR count). The van der Waals surface area contributed by atoms with Crippen LogP contribution in [0.25, 0.3) is 0 Å². The van der Waals surface area contributed by atoms with Crippen LogP contribution < -0.4 is 0 Å². The van der Waals surface area contributed by atoms with E-state index in [1.165, 1.54) is 0 Å². The van der Waals surface area contributed by atoms with E-state index < -0.39 is 44.1 Å². The maximum absolute atomic E-state index is 8.06. The Balaban J connectivity index is 3.83. The van der Waals surface area contributed by atoms with Gasteiger partial charge in [-0.05, 0) is 46.7 Å². The second-order valence-corrected chi connectivity index (χ2v) is 2.97. The van der Waals surface area contributed by atoms with Crippen LogP contribution in [0.2, 0.25) is 0 Å². The summed E-state index contributed by atoms with van der Waals surface area (Å²) in [5.41, 5.74) is -1.57. The van der Waals surface area contributed by atoms with Gasteiger partial charge in [0.2, 0.25) is 0 Å². The van der Waals surface area contributed by atoms with Gasteiger partial charge in [0, 0.05) is 32.8 Å². The average Bonchev–Trinajstić information content (AvgIpc) is 2.33. The fourth-order valence-corrected chi connectivity index (χ4v) is 0.989. The van der Waals surface area contributed by atoms with Crippen molar-refractivity contribution in [3.8, 4) is 0 Å². The Morgan fingerprint density at radius 1 is 1.83 bits per heavy atom. The first-order chi connectivity index (χ1) is 10.4. The second kappa shape index (κ2) is 4.04. The van der Waals surface area contributed by atoms with E-state index in [0.29, 0.717) is 0 Å². The van der Waals surface area contributed by atoms with Gasteiger partial charge in [-0.2, -0.15) is 0 Å². The quantitative estimate of drug-likeness (QED) is 0.772. The van der Waals surface area contributed by atoms with Crippen molar-refractivity contribution in [2.24, 2.45) is 5.89 Å². The Morgan fingerprint density at radius 2 is 2.67 bits per heavy atom. The van der Waals surface area contributed by atoms with Crippen molar-refractivity contribution >= 4 is 15.9 Å². The summed E-state index contributed by atoms with van der Waals surface area (Å²) in [5.74, 6) is -3.62. The zero-order valence-electron chi connectivity index (χ0n) is 18.0. The fourth-order valence-electron chi connectivity index (χ4n) is 0.657. The van der Waals surface area contributed by atoms with Crippen molar-refractivity contribution in [1.82, 2.24) is 4.98 Å². The van der Waals surface area contributed by atoms with Gasteiger partial charge < -0.3 is 0 Å². The molecule has 0 N–H and O–H groups in total. The van der Waals surface area contributed by atoms with E-state index in [1.54, 1.807) is 0 Å². The minimum absolute atomic E-state index is 0.187. The van der Waals surface area contributed by atoms with Gasteiger partial charge in [-0.25, -0.2) is 0 Å². The Morgan fingerprint density at radius 3 is 3.33 bits per heavy atom. The summed E-state index contributed by atoms with van der Waals surface area (Å²) in [7, 11) is 0. The topological polar surface area (TPSA) is 12.9 Å². The van der Waals surface area contributed by atoms with Gasteiger partial charge >= 0.3 is 0 Å². The van der Waals surface area contributed by atoms with E-state index >= 15 is 0 Å². The van der Waals surface area contributed by atoms with Crippen LogP contribution in [-0.4, -0.2) is 4.98 Å². The summed E-state index contributed by atoms with van der Waals surface area (Å²) in [6.45, 7) is -10.0. The van der Waals surface area contributed by atoms with Crippen LogP contribution in [0.1, 0.15) is 41.4 Å². The van der Waals surface area contributed by atoms with Gasteiger partial charge in [-0.3, -0.25) is 4.98 Å². The molecule has 0 bridgehead atoms. The molecule has 0 saturated heterocycles. The third-order valence-corrected chi connectivity index (χ3v) is 1.53. The van der Waals surface area contributed by atoms with E-state index in [-0.39, 0.29) is 4.47 Å². The maximum Gasteiger partial charge on any atom is 0.0436 e. The zero-order valence-corrected chi connectivity index (χ0v) is 7.57. The SMILES string of the molecule is [2H]C([2H])([2H])c1cc(Br)cnc1C([2H])([2H])C([2H])(C([2H])([2H])[2H])C([2H])([2H])[2H]. The first-order valence-corrected chi connectivity index (χ1v) is 3.83. The Labute approximate surface area is 99.2 Å². The van der Waals surface area contributed by atoms with Crippen LogP contribution in [0.5, 0.6) is 0 Å². The summed E-state index contributed by atoms with van der Waals surface area (Å²) in [5, 5.41) is 0. The molecule has 1 aromatic rings. The standard InChI is InChI=1S/C10H14BrN/c1-7(2)4-10-8(3)5-9(11)6-12-10/h5-7H,4H2,1-3H3/i1D3,2D3,3D3,4D2,7D. The summed E-state index contributed by atoms with van der Waals surface area (Å²) >= 11 is 2.98. The lowest BCUT2D eigenvalue weighted by atomic mass is 10.0. The number of pyridine rings is 1. The molecule has 0 aliphatic rings. The molecule has 66 valence electrons.